The van der Waals surface area contributed by atoms with Gasteiger partial charge in [-0.25, -0.2) is 0 Å². The molecule has 1 atom stereocenters. The normalized spacial score (nSPS) is 15.3. The van der Waals surface area contributed by atoms with Gasteiger partial charge in [-0.3, -0.25) is 9.59 Å². The highest BCUT2D eigenvalue weighted by Crippen LogP contribution is 2.39. The van der Waals surface area contributed by atoms with Gasteiger partial charge in [0, 0.05) is 18.2 Å². The van der Waals surface area contributed by atoms with Crippen molar-refractivity contribution in [3.05, 3.63) is 77.9 Å². The van der Waals surface area contributed by atoms with Crippen LogP contribution in [-0.2, 0) is 15.8 Å². The van der Waals surface area contributed by atoms with E-state index in [9.17, 15) is 22.8 Å². The summed E-state index contributed by atoms with van der Waals surface area (Å²) in [6.45, 7) is 0. The summed E-state index contributed by atoms with van der Waals surface area (Å²) in [5.41, 5.74) is -0.0404. The average molecular weight is 456 g/mol. The molecule has 33 heavy (non-hydrogen) atoms. The van der Waals surface area contributed by atoms with Crippen LogP contribution in [0.25, 0.3) is 0 Å². The number of methoxy groups -OCH3 is 1. The van der Waals surface area contributed by atoms with Crippen LogP contribution in [0.3, 0.4) is 0 Å². The lowest BCUT2D eigenvalue weighted by Gasteiger charge is -2.25. The first kappa shape index (κ1) is 22.2. The molecular formula is C24H19F3N2O4. The van der Waals surface area contributed by atoms with Crippen molar-refractivity contribution >= 4 is 23.2 Å². The summed E-state index contributed by atoms with van der Waals surface area (Å²) in [6.07, 6.45) is -4.75. The molecule has 3 aromatic carbocycles. The summed E-state index contributed by atoms with van der Waals surface area (Å²) in [7, 11) is 1.47. The van der Waals surface area contributed by atoms with Crippen LogP contribution in [0.5, 0.6) is 17.2 Å². The van der Waals surface area contributed by atoms with Crippen molar-refractivity contribution in [1.82, 2.24) is 0 Å². The van der Waals surface area contributed by atoms with Crippen LogP contribution < -0.4 is 20.1 Å². The second-order valence-electron chi connectivity index (χ2n) is 7.37. The van der Waals surface area contributed by atoms with Crippen LogP contribution in [0.15, 0.2) is 66.7 Å². The molecule has 170 valence electrons. The third-order valence-electron chi connectivity index (χ3n) is 5.15. The highest BCUT2D eigenvalue weighted by molar-refractivity contribution is 6.05. The second-order valence-corrected chi connectivity index (χ2v) is 7.37. The highest BCUT2D eigenvalue weighted by Gasteiger charge is 2.33. The van der Waals surface area contributed by atoms with Gasteiger partial charge >= 0.3 is 6.18 Å². The monoisotopic (exact) mass is 456 g/mol. The first-order chi connectivity index (χ1) is 15.7. The van der Waals surface area contributed by atoms with Gasteiger partial charge < -0.3 is 20.1 Å². The minimum absolute atomic E-state index is 0.0122. The number of ether oxygens (including phenoxy) is 2. The third kappa shape index (κ3) is 4.92. The lowest BCUT2D eigenvalue weighted by atomic mass is 9.89. The topological polar surface area (TPSA) is 76.7 Å². The largest absolute Gasteiger partial charge is 0.497 e. The SMILES string of the molecule is COc1cccc(Oc2ccc(C(F)(F)F)cc2NC(=O)C2CC(=O)Nc3ccccc32)c1. The Labute approximate surface area is 187 Å². The molecule has 0 bridgehead atoms. The van der Waals surface area contributed by atoms with Crippen LogP contribution in [0.2, 0.25) is 0 Å². The molecule has 6 nitrogen and oxygen atoms in total. The van der Waals surface area contributed by atoms with Crippen LogP contribution in [-0.4, -0.2) is 18.9 Å². The highest BCUT2D eigenvalue weighted by atomic mass is 19.4. The van der Waals surface area contributed by atoms with Gasteiger partial charge in [0.1, 0.15) is 11.5 Å². The number of halogens is 3. The molecule has 2 amide bonds. The molecule has 1 aliphatic heterocycles. The number of para-hydroxylation sites is 1. The van der Waals surface area contributed by atoms with Crippen molar-refractivity contribution < 1.29 is 32.2 Å². The van der Waals surface area contributed by atoms with Crippen molar-refractivity contribution in [2.75, 3.05) is 17.7 Å². The molecular weight excluding hydrogens is 437 g/mol. The van der Waals surface area contributed by atoms with Crippen molar-refractivity contribution in [3.63, 3.8) is 0 Å². The van der Waals surface area contributed by atoms with E-state index in [1.165, 1.54) is 7.11 Å². The van der Waals surface area contributed by atoms with E-state index in [1.807, 2.05) is 0 Å². The van der Waals surface area contributed by atoms with E-state index < -0.39 is 23.6 Å². The Kier molecular flexibility index (Phi) is 5.95. The fourth-order valence-corrected chi connectivity index (χ4v) is 3.55. The summed E-state index contributed by atoms with van der Waals surface area (Å²) >= 11 is 0. The number of hydrogen-bond donors (Lipinski definition) is 2. The Morgan fingerprint density at radius 2 is 1.79 bits per heavy atom. The maximum atomic E-state index is 13.3. The minimum atomic E-state index is -4.62. The molecule has 0 saturated carbocycles. The van der Waals surface area contributed by atoms with Gasteiger partial charge in [0.2, 0.25) is 11.8 Å². The smallest absolute Gasteiger partial charge is 0.416 e. The van der Waals surface area contributed by atoms with E-state index in [4.69, 9.17) is 9.47 Å². The molecule has 0 fully saturated rings. The van der Waals surface area contributed by atoms with Gasteiger partial charge in [0.15, 0.2) is 5.75 Å². The predicted molar refractivity (Wildman–Crippen MR) is 116 cm³/mol. The standard InChI is InChI=1S/C24H19F3N2O4/c1-32-15-5-4-6-16(12-15)33-21-10-9-14(24(25,26)27)11-20(21)29-23(31)18-13-22(30)28-19-8-3-2-7-17(18)19/h2-12,18H,13H2,1H3,(H,28,30)(H,29,31). The molecule has 1 aliphatic rings. The number of rotatable bonds is 5. The number of carbonyl (C=O) groups excluding carboxylic acids is 2. The third-order valence-corrected chi connectivity index (χ3v) is 5.15. The van der Waals surface area contributed by atoms with Gasteiger partial charge in [-0.15, -0.1) is 0 Å². The number of amides is 2. The first-order valence-corrected chi connectivity index (χ1v) is 9.97. The molecule has 9 heteroatoms. The predicted octanol–water partition coefficient (Wildman–Crippen LogP) is 5.57. The Balaban J connectivity index is 1.68. The van der Waals surface area contributed by atoms with Crippen LogP contribution in [0.4, 0.5) is 24.5 Å². The number of fused-ring (bicyclic) bond motifs is 1. The van der Waals surface area contributed by atoms with Gasteiger partial charge in [-0.05, 0) is 42.0 Å². The summed E-state index contributed by atoms with van der Waals surface area (Å²) in [5, 5.41) is 5.22. The number of alkyl halides is 3. The van der Waals surface area contributed by atoms with E-state index in [2.05, 4.69) is 10.6 Å². The summed E-state index contributed by atoms with van der Waals surface area (Å²) < 4.78 is 50.9. The Morgan fingerprint density at radius 3 is 2.55 bits per heavy atom. The Bertz CT molecular complexity index is 1210. The number of hydrogen-bond acceptors (Lipinski definition) is 4. The maximum Gasteiger partial charge on any atom is 0.416 e. The van der Waals surface area contributed by atoms with Gasteiger partial charge in [0.25, 0.3) is 0 Å². The fraction of sp³-hybridized carbons (Fsp3) is 0.167. The fourth-order valence-electron chi connectivity index (χ4n) is 3.55. The van der Waals surface area contributed by atoms with E-state index >= 15 is 0 Å². The molecule has 2 N–H and O–H groups in total. The van der Waals surface area contributed by atoms with Gasteiger partial charge in [0.05, 0.1) is 24.3 Å². The second kappa shape index (κ2) is 8.85. The van der Waals surface area contributed by atoms with E-state index in [-0.39, 0.29) is 23.8 Å². The summed E-state index contributed by atoms with van der Waals surface area (Å²) in [5.74, 6) is -1.02. The van der Waals surface area contributed by atoms with Crippen LogP contribution in [0, 0.1) is 0 Å². The number of anilines is 2. The van der Waals surface area contributed by atoms with Gasteiger partial charge in [-0.1, -0.05) is 24.3 Å². The summed E-state index contributed by atoms with van der Waals surface area (Å²) in [4.78, 5) is 25.2. The lowest BCUT2D eigenvalue weighted by molar-refractivity contribution is -0.137. The van der Waals surface area contributed by atoms with Crippen molar-refractivity contribution in [3.8, 4) is 17.2 Å². The zero-order chi connectivity index (χ0) is 23.6. The number of carbonyl (C=O) groups is 2. The molecule has 0 spiro atoms. The minimum Gasteiger partial charge on any atom is -0.497 e. The van der Waals surface area contributed by atoms with E-state index in [0.29, 0.717) is 22.7 Å². The molecule has 4 rings (SSSR count). The molecule has 0 aliphatic carbocycles. The summed E-state index contributed by atoms with van der Waals surface area (Å²) in [6, 6.07) is 16.1. The molecule has 1 unspecified atom stereocenters. The first-order valence-electron chi connectivity index (χ1n) is 9.97. The maximum absolute atomic E-state index is 13.3. The molecule has 0 aromatic heterocycles. The van der Waals surface area contributed by atoms with Crippen LogP contribution >= 0.6 is 0 Å². The van der Waals surface area contributed by atoms with Crippen LogP contribution in [0.1, 0.15) is 23.5 Å². The van der Waals surface area contributed by atoms with Crippen molar-refractivity contribution in [2.24, 2.45) is 0 Å². The number of nitrogens with one attached hydrogen (secondary N) is 2. The molecule has 0 radical (unpaired) electrons. The molecule has 3 aromatic rings. The molecule has 0 saturated heterocycles. The molecule has 1 heterocycles. The van der Waals surface area contributed by atoms with E-state index in [1.54, 1.807) is 48.5 Å². The Hall–Kier alpha value is -4.01. The van der Waals surface area contributed by atoms with E-state index in [0.717, 1.165) is 18.2 Å². The Morgan fingerprint density at radius 1 is 1.03 bits per heavy atom. The zero-order valence-electron chi connectivity index (χ0n) is 17.4. The zero-order valence-corrected chi connectivity index (χ0v) is 17.4. The van der Waals surface area contributed by atoms with Crippen molar-refractivity contribution in [2.45, 2.75) is 18.5 Å². The lowest BCUT2D eigenvalue weighted by Crippen LogP contribution is -2.30. The van der Waals surface area contributed by atoms with Crippen molar-refractivity contribution in [1.29, 1.82) is 0 Å². The number of benzene rings is 3. The quantitative estimate of drug-likeness (QED) is 0.526. The average Bonchev–Trinajstić information content (AvgIpc) is 2.79. The van der Waals surface area contributed by atoms with Gasteiger partial charge in [-0.2, -0.15) is 13.2 Å².